The molecule has 0 aromatic carbocycles. The number of aliphatic carboxylic acids is 8. The number of nitrogens with one attached hydrogen (secondary N) is 7. The molecule has 0 aliphatic rings. The van der Waals surface area contributed by atoms with Crippen molar-refractivity contribution in [1.29, 1.82) is 0 Å². The van der Waals surface area contributed by atoms with Crippen LogP contribution in [0.25, 0.3) is 0 Å². The molecule has 0 aromatic rings. The molecule has 118 heavy (non-hydrogen) atoms. The molecule has 42 heteroatoms. The molecule has 0 fully saturated rings. The van der Waals surface area contributed by atoms with Crippen LogP contribution in [0.4, 0.5) is 0 Å². The molecule has 0 aliphatic heterocycles. The molecule has 0 unspecified atom stereocenters. The van der Waals surface area contributed by atoms with Gasteiger partial charge in [-0.05, 0) is 12.8 Å². The van der Waals surface area contributed by atoms with E-state index in [4.69, 9.17) is 29.9 Å². The number of hydrogen-bond acceptors (Lipinski definition) is 23. The molecule has 4 atom stereocenters. The maximum Gasteiger partial charge on any atom is 0.326 e. The predicted octanol–water partition coefficient (Wildman–Crippen LogP) is 1.44. The molecule has 668 valence electrons. The molecule has 0 saturated carbocycles. The maximum absolute atomic E-state index is 14.0. The fourth-order valence-electron chi connectivity index (χ4n) is 11.5. The highest BCUT2D eigenvalue weighted by Gasteiger charge is 2.30. The van der Waals surface area contributed by atoms with Gasteiger partial charge in [0.25, 0.3) is 0 Å². The van der Waals surface area contributed by atoms with Gasteiger partial charge in [0.05, 0.1) is 58.4 Å². The molecule has 0 rings (SSSR count). The predicted molar refractivity (Wildman–Crippen MR) is 414 cm³/mol. The molecule has 0 radical (unpaired) electrons. The molecule has 0 bridgehead atoms. The molecule has 0 spiro atoms. The van der Waals surface area contributed by atoms with Gasteiger partial charge < -0.3 is 107 Å². The van der Waals surface area contributed by atoms with E-state index >= 15 is 0 Å². The number of rotatable bonds is 73. The second-order valence-electron chi connectivity index (χ2n) is 28.1. The topological polar surface area (TPSA) is 636 Å². The summed E-state index contributed by atoms with van der Waals surface area (Å²) in [5.74, 6) is -25.4. The van der Waals surface area contributed by atoms with E-state index in [2.05, 4.69) is 29.8 Å². The lowest BCUT2D eigenvalue weighted by Gasteiger charge is -2.25. The van der Waals surface area contributed by atoms with Crippen LogP contribution in [0.15, 0.2) is 0 Å². The highest BCUT2D eigenvalue weighted by Crippen LogP contribution is 2.15. The summed E-state index contributed by atoms with van der Waals surface area (Å²) in [6, 6.07) is -7.74. The molecular weight excluding hydrogens is 1560 g/mol. The van der Waals surface area contributed by atoms with Crippen LogP contribution in [-0.4, -0.2) is 294 Å². The van der Waals surface area contributed by atoms with Gasteiger partial charge in [-0.1, -0.05) is 142 Å². The SMILES string of the molecule is CCCCCCCCCCCCCC(=O)OCCN(CCOC(=O)CCCCCCCCCCCCC)C(=O)CCC(=O)NCC(=O)N(CCC(=O)NCC(=O)N(CCC(=O)N[C@@H](CC(=O)O)C(=O)O)CCC(=O)N[C@@H](CC(=O)O)C(=O)O)CCC(=O)NCC(=O)N(CCC(=O)N[C@@H](CC(=O)O)C(=O)O)CCC(=O)N[C@@H](CC(=O)O)C(=O)O. The molecule has 0 saturated heterocycles. The van der Waals surface area contributed by atoms with Crippen molar-refractivity contribution in [3.63, 3.8) is 0 Å². The number of esters is 2. The Morgan fingerprint density at radius 3 is 0.686 bits per heavy atom. The highest BCUT2D eigenvalue weighted by molar-refractivity contribution is 5.93. The number of carboxylic acids is 8. The lowest BCUT2D eigenvalue weighted by molar-refractivity contribution is -0.148. The first-order valence-electron chi connectivity index (χ1n) is 40.2. The Morgan fingerprint density at radius 2 is 0.458 bits per heavy atom. The summed E-state index contributed by atoms with van der Waals surface area (Å²) in [5, 5.41) is 88.8. The van der Waals surface area contributed by atoms with E-state index < -0.39 is 285 Å². The van der Waals surface area contributed by atoms with Crippen molar-refractivity contribution in [2.75, 3.05) is 85.2 Å². The van der Waals surface area contributed by atoms with E-state index in [1.807, 2.05) is 21.3 Å². The normalized spacial score (nSPS) is 11.8. The minimum atomic E-state index is -1.93. The van der Waals surface area contributed by atoms with Crippen LogP contribution in [0.5, 0.6) is 0 Å². The summed E-state index contributed by atoms with van der Waals surface area (Å²) in [4.78, 5) is 268. The molecule has 0 aliphatic carbocycles. The van der Waals surface area contributed by atoms with E-state index in [1.165, 1.54) is 69.1 Å². The average molecular weight is 1690 g/mol. The van der Waals surface area contributed by atoms with Crippen molar-refractivity contribution in [2.45, 2.75) is 269 Å². The van der Waals surface area contributed by atoms with E-state index in [0.29, 0.717) is 12.8 Å². The van der Waals surface area contributed by atoms with Crippen molar-refractivity contribution in [1.82, 2.24) is 56.8 Å². The summed E-state index contributed by atoms with van der Waals surface area (Å²) >= 11 is 0. The quantitative estimate of drug-likeness (QED) is 0.0302. The summed E-state index contributed by atoms with van der Waals surface area (Å²) in [6.07, 6.45) is 14.1. The number of amides is 11. The van der Waals surface area contributed by atoms with E-state index in [9.17, 15) is 121 Å². The van der Waals surface area contributed by atoms with Crippen molar-refractivity contribution in [3.05, 3.63) is 0 Å². The van der Waals surface area contributed by atoms with Gasteiger partial charge in [-0.15, -0.1) is 0 Å². The Hall–Kier alpha value is -11.1. The monoisotopic (exact) mass is 1690 g/mol. The minimum Gasteiger partial charge on any atom is -0.481 e. The van der Waals surface area contributed by atoms with Gasteiger partial charge in [0.1, 0.15) is 37.4 Å². The minimum absolute atomic E-state index is 0.145. The van der Waals surface area contributed by atoms with Crippen LogP contribution in [0.3, 0.4) is 0 Å². The Balaban J connectivity index is 6.84. The van der Waals surface area contributed by atoms with Crippen molar-refractivity contribution in [3.8, 4) is 0 Å². The summed E-state index contributed by atoms with van der Waals surface area (Å²) in [6.45, 7) is -3.07. The molecule has 0 aromatic heterocycles. The number of nitrogens with zero attached hydrogens (tertiary/aromatic N) is 4. The zero-order chi connectivity index (χ0) is 88.8. The van der Waals surface area contributed by atoms with Gasteiger partial charge in [0.2, 0.25) is 65.0 Å². The fraction of sp³-hybridized carbons (Fsp3) is 0.724. The summed E-state index contributed by atoms with van der Waals surface area (Å²) in [7, 11) is 0. The number of carbonyl (C=O) groups excluding carboxylic acids is 13. The Morgan fingerprint density at radius 1 is 0.246 bits per heavy atom. The number of unbranched alkanes of at least 4 members (excludes halogenated alkanes) is 20. The van der Waals surface area contributed by atoms with Crippen molar-refractivity contribution >= 4 is 125 Å². The van der Waals surface area contributed by atoms with Gasteiger partial charge in [0, 0.05) is 103 Å². The zero-order valence-electron chi connectivity index (χ0n) is 67.7. The smallest absolute Gasteiger partial charge is 0.326 e. The summed E-state index contributed by atoms with van der Waals surface area (Å²) < 4.78 is 10.9. The van der Waals surface area contributed by atoms with E-state index in [0.717, 1.165) is 78.9 Å². The van der Waals surface area contributed by atoms with Gasteiger partial charge in [-0.2, -0.15) is 0 Å². The van der Waals surface area contributed by atoms with Gasteiger partial charge in [-0.25, -0.2) is 19.2 Å². The van der Waals surface area contributed by atoms with E-state index in [1.54, 1.807) is 0 Å². The largest absolute Gasteiger partial charge is 0.481 e. The van der Waals surface area contributed by atoms with Gasteiger partial charge in [-0.3, -0.25) is 81.5 Å². The first kappa shape index (κ1) is 107. The van der Waals surface area contributed by atoms with Gasteiger partial charge >= 0.3 is 59.7 Å². The fourth-order valence-corrected chi connectivity index (χ4v) is 11.5. The maximum atomic E-state index is 14.0. The van der Waals surface area contributed by atoms with Gasteiger partial charge in [0.15, 0.2) is 0 Å². The molecular formula is C76H123N11O31. The van der Waals surface area contributed by atoms with Crippen LogP contribution < -0.4 is 37.2 Å². The highest BCUT2D eigenvalue weighted by atomic mass is 16.5. The third-order valence-electron chi connectivity index (χ3n) is 18.2. The first-order valence-corrected chi connectivity index (χ1v) is 40.2. The zero-order valence-corrected chi connectivity index (χ0v) is 67.7. The molecule has 0 heterocycles. The average Bonchev–Trinajstić information content (AvgIpc) is 0.898. The number of hydrogen-bond donors (Lipinski definition) is 15. The van der Waals surface area contributed by atoms with Crippen molar-refractivity contribution < 1.29 is 151 Å². The van der Waals surface area contributed by atoms with Crippen LogP contribution >= 0.6 is 0 Å². The molecule has 15 N–H and O–H groups in total. The third-order valence-corrected chi connectivity index (χ3v) is 18.2. The molecule has 11 amide bonds. The second-order valence-corrected chi connectivity index (χ2v) is 28.1. The van der Waals surface area contributed by atoms with Crippen molar-refractivity contribution in [2.24, 2.45) is 0 Å². The third kappa shape index (κ3) is 57.0. The Labute approximate surface area is 684 Å². The lowest BCUT2D eigenvalue weighted by Crippen LogP contribution is -2.47. The summed E-state index contributed by atoms with van der Waals surface area (Å²) in [5.41, 5.74) is 0. The van der Waals surface area contributed by atoms with Crippen LogP contribution in [0.2, 0.25) is 0 Å². The number of carboxylic acid groups (broad SMARTS) is 8. The number of carbonyl (C=O) groups is 21. The second kappa shape index (κ2) is 65.0. The van der Waals surface area contributed by atoms with Crippen LogP contribution in [0, 0.1) is 0 Å². The number of ether oxygens (including phenoxy) is 2. The lowest BCUT2D eigenvalue weighted by atomic mass is 10.1. The van der Waals surface area contributed by atoms with E-state index in [-0.39, 0.29) is 39.1 Å². The Bertz CT molecular complexity index is 2980. The standard InChI is InChI=1S/C76H123N11O31/c1-3-5-7-9-11-13-15-17-19-21-23-25-71(107)117-43-41-87(42-44-118-72(108)26-24-22-20-18-16-14-12-10-8-6-4-2)63(95)28-27-56(88)77-49-64(96)84(35-29-57(89)78-50-65(97)85(37-31-59(91)80-52(73(109)110)45-67(99)100)38-32-60(92)81-53(74(111)112)46-68(101)102)36-30-58(90)79-51-66(98)86(39-33-61(93)82-54(75(113)114)47-69(103)104)40-34-62(94)83-55(76(115)116)48-70(105)106/h52-55H,3-51H2,1-2H3,(H,77,88)(H,78,89)(H,79,90)(H,80,91)(H,81,92)(H,82,93)(H,83,94)(H,99,100)(H,101,102)(H,103,104)(H,105,106)(H,109,110)(H,111,112)(H,113,114)(H,115,116)/t52-,53-,54-,55-/m0/s1. The van der Waals surface area contributed by atoms with Crippen LogP contribution in [0.1, 0.15) is 245 Å². The first-order chi connectivity index (χ1) is 56.0. The molecule has 42 nitrogen and oxygen atoms in total. The van der Waals surface area contributed by atoms with Crippen LogP contribution in [-0.2, 0) is 110 Å². The Kier molecular flexibility index (Phi) is 58.8.